The number of nitrogens with two attached hydrogens (primary N) is 2. The molecular weight excluding hydrogens is 411 g/mol. The van der Waals surface area contributed by atoms with Crippen molar-refractivity contribution >= 4 is 22.6 Å². The van der Waals surface area contributed by atoms with Gasteiger partial charge < -0.3 is 20.7 Å². The summed E-state index contributed by atoms with van der Waals surface area (Å²) in [6, 6.07) is 13.7. The van der Waals surface area contributed by atoms with Crippen molar-refractivity contribution in [2.75, 3.05) is 13.1 Å². The van der Waals surface area contributed by atoms with Crippen molar-refractivity contribution in [3.05, 3.63) is 53.6 Å². The minimum absolute atomic E-state index is 0.302. The molecule has 1 aliphatic heterocycles. The van der Waals surface area contributed by atoms with E-state index in [4.69, 9.17) is 16.2 Å². The van der Waals surface area contributed by atoms with E-state index >= 15 is 0 Å². The molecule has 0 radical (unpaired) electrons. The molecule has 5 N–H and O–H groups in total. The Morgan fingerprint density at radius 3 is 2.69 bits per heavy atom. The van der Waals surface area contributed by atoms with Gasteiger partial charge in [0, 0.05) is 24.2 Å². The Bertz CT molecular complexity index is 1190. The van der Waals surface area contributed by atoms with Crippen molar-refractivity contribution in [2.24, 2.45) is 16.8 Å². The predicted molar refractivity (Wildman–Crippen MR) is 119 cm³/mol. The topological polar surface area (TPSA) is 123 Å². The molecule has 2 aromatic carbocycles. The third-order valence-corrected chi connectivity index (χ3v) is 6.49. The van der Waals surface area contributed by atoms with E-state index in [1.165, 1.54) is 5.56 Å². The fourth-order valence-electron chi connectivity index (χ4n) is 4.45. The van der Waals surface area contributed by atoms with Gasteiger partial charge in [-0.25, -0.2) is 10.2 Å². The number of carbonyl (C=O) groups excluding carboxylic acids is 1. The number of hydrazone groups is 1. The maximum Gasteiger partial charge on any atom is 0.260 e. The molecule has 2 aliphatic rings. The number of rotatable bonds is 4. The summed E-state index contributed by atoms with van der Waals surface area (Å²) >= 11 is 0. The molecule has 1 saturated heterocycles. The highest BCUT2D eigenvalue weighted by Gasteiger charge is 2.53. The second-order valence-corrected chi connectivity index (χ2v) is 8.52. The number of fused-ring (bicyclic) bond motifs is 1. The smallest absolute Gasteiger partial charge is 0.260 e. The molecule has 2 heterocycles. The van der Waals surface area contributed by atoms with E-state index in [0.717, 1.165) is 34.9 Å². The number of halogens is 1. The van der Waals surface area contributed by atoms with E-state index in [0.29, 0.717) is 43.4 Å². The molecule has 9 heteroatoms. The minimum atomic E-state index is -1.59. The number of carbonyl (C=O) groups is 1. The second kappa shape index (κ2) is 7.90. The van der Waals surface area contributed by atoms with Gasteiger partial charge in [-0.05, 0) is 61.4 Å². The molecule has 2 fully saturated rings. The van der Waals surface area contributed by atoms with Crippen molar-refractivity contribution in [3.63, 3.8) is 0 Å². The number of aromatic nitrogens is 1. The number of hydrogen-bond donors (Lipinski definition) is 3. The second-order valence-electron chi connectivity index (χ2n) is 8.52. The number of amides is 1. The molecule has 5 rings (SSSR count). The fourth-order valence-corrected chi connectivity index (χ4v) is 4.45. The van der Waals surface area contributed by atoms with Crippen LogP contribution in [0.4, 0.5) is 4.39 Å². The Hall–Kier alpha value is -3.46. The molecule has 8 nitrogen and oxygen atoms in total. The van der Waals surface area contributed by atoms with Gasteiger partial charge in [-0.1, -0.05) is 23.4 Å². The first-order valence-electron chi connectivity index (χ1n) is 10.8. The molecular formula is C23H25FN6O2. The van der Waals surface area contributed by atoms with Gasteiger partial charge in [-0.2, -0.15) is 5.10 Å². The van der Waals surface area contributed by atoms with Crippen molar-refractivity contribution in [3.8, 4) is 11.3 Å². The molecule has 1 aliphatic carbocycles. The van der Waals surface area contributed by atoms with E-state index < -0.39 is 5.67 Å². The molecule has 32 heavy (non-hydrogen) atoms. The molecule has 0 atom stereocenters. The van der Waals surface area contributed by atoms with Crippen molar-refractivity contribution in [2.45, 2.75) is 37.3 Å². The van der Waals surface area contributed by atoms with Crippen LogP contribution < -0.4 is 17.1 Å². The largest absolute Gasteiger partial charge is 0.355 e. The Morgan fingerprint density at radius 2 is 2.00 bits per heavy atom. The molecule has 0 unspecified atom stereocenters. The van der Waals surface area contributed by atoms with Gasteiger partial charge in [0.05, 0.1) is 5.39 Å². The number of hydrazine groups is 1. The summed E-state index contributed by atoms with van der Waals surface area (Å²) < 4.78 is 19.8. The zero-order chi connectivity index (χ0) is 22.3. The summed E-state index contributed by atoms with van der Waals surface area (Å²) in [5.74, 6) is 11.9. The highest BCUT2D eigenvalue weighted by Crippen LogP contribution is 2.42. The zero-order valence-electron chi connectivity index (χ0n) is 17.6. The van der Waals surface area contributed by atoms with E-state index in [9.17, 15) is 9.18 Å². The summed E-state index contributed by atoms with van der Waals surface area (Å²) in [7, 11) is 0. The van der Waals surface area contributed by atoms with Gasteiger partial charge in [0.1, 0.15) is 5.52 Å². The molecule has 166 valence electrons. The summed E-state index contributed by atoms with van der Waals surface area (Å²) in [6.45, 7) is 1.17. The summed E-state index contributed by atoms with van der Waals surface area (Å²) in [5.41, 5.74) is 4.42. The summed E-state index contributed by atoms with van der Waals surface area (Å²) in [5, 5.41) is 8.66. The third-order valence-electron chi connectivity index (χ3n) is 6.49. The molecule has 1 saturated carbocycles. The molecule has 0 bridgehead atoms. The average Bonchev–Trinajstić information content (AvgIpc) is 3.45. The van der Waals surface area contributed by atoms with Gasteiger partial charge in [0.2, 0.25) is 0 Å². The zero-order valence-corrected chi connectivity index (χ0v) is 17.6. The van der Waals surface area contributed by atoms with Crippen LogP contribution in [0, 0.1) is 0 Å². The number of hydrogen-bond acceptors (Lipinski definition) is 6. The van der Waals surface area contributed by atoms with Crippen LogP contribution in [0.5, 0.6) is 0 Å². The van der Waals surface area contributed by atoms with E-state index in [2.05, 4.69) is 27.8 Å². The van der Waals surface area contributed by atoms with Crippen LogP contribution in [0.3, 0.4) is 0 Å². The first-order valence-corrected chi connectivity index (χ1v) is 10.8. The van der Waals surface area contributed by atoms with Crippen LogP contribution in [0.15, 0.2) is 52.1 Å². The van der Waals surface area contributed by atoms with Gasteiger partial charge in [0.15, 0.2) is 17.3 Å². The normalized spacial score (nSPS) is 18.7. The molecule has 1 amide bonds. The maximum atomic E-state index is 14.1. The van der Waals surface area contributed by atoms with Crippen LogP contribution in [0.25, 0.3) is 22.2 Å². The lowest BCUT2D eigenvalue weighted by molar-refractivity contribution is -0.139. The first-order chi connectivity index (χ1) is 15.5. The highest BCUT2D eigenvalue weighted by atomic mass is 19.1. The number of amidine groups is 1. The SMILES string of the molecule is N/N=C(\NN)c1ccc2noc(-c3cccc(C4CCN(C(=O)C5(F)CC5)CC4)c3)c2c1. The first kappa shape index (κ1) is 20.4. The minimum Gasteiger partial charge on any atom is -0.355 e. The average molecular weight is 436 g/mol. The lowest BCUT2D eigenvalue weighted by Gasteiger charge is -2.33. The van der Waals surface area contributed by atoms with Crippen molar-refractivity contribution in [1.82, 2.24) is 15.5 Å². The summed E-state index contributed by atoms with van der Waals surface area (Å²) in [4.78, 5) is 14.0. The Kier molecular flexibility index (Phi) is 5.05. The van der Waals surface area contributed by atoms with E-state index in [1.807, 2.05) is 30.3 Å². The van der Waals surface area contributed by atoms with Gasteiger partial charge >= 0.3 is 0 Å². The third kappa shape index (κ3) is 3.58. The highest BCUT2D eigenvalue weighted by molar-refractivity contribution is 6.03. The lowest BCUT2D eigenvalue weighted by Crippen LogP contribution is -2.43. The van der Waals surface area contributed by atoms with Crippen LogP contribution in [0.2, 0.25) is 0 Å². The van der Waals surface area contributed by atoms with Gasteiger partial charge in [0.25, 0.3) is 5.91 Å². The predicted octanol–water partition coefficient (Wildman–Crippen LogP) is 2.79. The maximum absolute atomic E-state index is 14.1. The van der Waals surface area contributed by atoms with Crippen LogP contribution in [-0.2, 0) is 4.79 Å². The van der Waals surface area contributed by atoms with E-state index in [-0.39, 0.29) is 5.91 Å². The number of piperidine rings is 1. The summed E-state index contributed by atoms with van der Waals surface area (Å²) in [6.07, 6.45) is 2.34. The lowest BCUT2D eigenvalue weighted by atomic mass is 9.88. The number of benzene rings is 2. The molecule has 1 aromatic heterocycles. The number of likely N-dealkylation sites (tertiary alicyclic amines) is 1. The Morgan fingerprint density at radius 1 is 1.22 bits per heavy atom. The molecule has 0 spiro atoms. The fraction of sp³-hybridized carbons (Fsp3) is 0.348. The monoisotopic (exact) mass is 436 g/mol. The van der Waals surface area contributed by atoms with Gasteiger partial charge in [-0.3, -0.25) is 4.79 Å². The number of alkyl halides is 1. The molecule has 3 aromatic rings. The van der Waals surface area contributed by atoms with Crippen LogP contribution in [-0.4, -0.2) is 40.6 Å². The Labute approximate surface area is 184 Å². The van der Waals surface area contributed by atoms with Crippen LogP contribution in [0.1, 0.15) is 42.7 Å². The quantitative estimate of drug-likeness (QED) is 0.250. The van der Waals surface area contributed by atoms with Gasteiger partial charge in [-0.15, -0.1) is 0 Å². The standard InChI is InChI=1S/C23H25FN6O2/c24-23(8-9-23)22(31)30-10-6-14(7-11-30)15-2-1-3-16(12-15)20-18-13-17(21(27-25)28-26)4-5-19(18)29-32-20/h1-5,12-14H,6-11,25-26H2,(H,27,28). The van der Waals surface area contributed by atoms with Crippen LogP contribution >= 0.6 is 0 Å². The number of nitrogens with one attached hydrogen (secondary N) is 1. The van der Waals surface area contributed by atoms with Crippen molar-refractivity contribution in [1.29, 1.82) is 0 Å². The van der Waals surface area contributed by atoms with Crippen molar-refractivity contribution < 1.29 is 13.7 Å². The van der Waals surface area contributed by atoms with E-state index in [1.54, 1.807) is 4.90 Å². The number of nitrogens with zero attached hydrogens (tertiary/aromatic N) is 3. The Balaban J connectivity index is 1.38.